The average Bonchev–Trinajstić information content (AvgIpc) is 2.83. The van der Waals surface area contributed by atoms with Crippen LogP contribution >= 0.6 is 0 Å². The number of nitrogens with one attached hydrogen (secondary N) is 1. The van der Waals surface area contributed by atoms with Crippen LogP contribution in [0.5, 0.6) is 0 Å². The van der Waals surface area contributed by atoms with E-state index in [-0.39, 0.29) is 5.91 Å². The molecule has 5 heteroatoms. The van der Waals surface area contributed by atoms with Crippen molar-refractivity contribution in [1.29, 1.82) is 0 Å². The monoisotopic (exact) mass is 230 g/mol. The molecule has 5 nitrogen and oxygen atoms in total. The van der Waals surface area contributed by atoms with Crippen molar-refractivity contribution in [2.45, 2.75) is 13.5 Å². The third-order valence-electron chi connectivity index (χ3n) is 2.51. The van der Waals surface area contributed by atoms with Gasteiger partial charge in [-0.1, -0.05) is 30.3 Å². The molecule has 88 valence electrons. The predicted octanol–water partition coefficient (Wildman–Crippen LogP) is 1.17. The Morgan fingerprint density at radius 1 is 1.41 bits per heavy atom. The van der Waals surface area contributed by atoms with Gasteiger partial charge in [0.2, 0.25) is 0 Å². The summed E-state index contributed by atoms with van der Waals surface area (Å²) in [6, 6.07) is 11.4. The highest BCUT2D eigenvalue weighted by molar-refractivity contribution is 5.93. The number of carbonyl (C=O) groups excluding carboxylic acids is 1. The van der Waals surface area contributed by atoms with Crippen LogP contribution in [0.15, 0.2) is 36.4 Å². The standard InChI is InChI=1S/C12H14N4O/c1-2-16-11(12(17)14-13)8-10(15-16)9-6-4-3-5-7-9/h3-8H,2,13H2,1H3,(H,14,17). The van der Waals surface area contributed by atoms with Crippen molar-refractivity contribution >= 4 is 5.91 Å². The Morgan fingerprint density at radius 3 is 2.71 bits per heavy atom. The summed E-state index contributed by atoms with van der Waals surface area (Å²) in [6.45, 7) is 2.55. The van der Waals surface area contributed by atoms with Crippen LogP contribution < -0.4 is 11.3 Å². The summed E-state index contributed by atoms with van der Waals surface area (Å²) in [5.41, 5.74) is 4.33. The van der Waals surface area contributed by atoms with E-state index in [1.54, 1.807) is 10.7 Å². The number of aryl methyl sites for hydroxylation is 1. The SMILES string of the molecule is CCn1nc(-c2ccccc2)cc1C(=O)NN. The normalized spacial score (nSPS) is 10.2. The highest BCUT2D eigenvalue weighted by Crippen LogP contribution is 2.18. The lowest BCUT2D eigenvalue weighted by Crippen LogP contribution is -2.31. The van der Waals surface area contributed by atoms with Gasteiger partial charge < -0.3 is 0 Å². The maximum atomic E-state index is 11.5. The molecule has 0 radical (unpaired) electrons. The number of amides is 1. The smallest absolute Gasteiger partial charge is 0.283 e. The van der Waals surface area contributed by atoms with E-state index >= 15 is 0 Å². The van der Waals surface area contributed by atoms with Crippen LogP contribution in [0.25, 0.3) is 11.3 Å². The molecule has 0 bridgehead atoms. The van der Waals surface area contributed by atoms with E-state index in [1.807, 2.05) is 37.3 Å². The first kappa shape index (κ1) is 11.3. The van der Waals surface area contributed by atoms with Crippen LogP contribution in [-0.4, -0.2) is 15.7 Å². The van der Waals surface area contributed by atoms with E-state index in [1.165, 1.54) is 0 Å². The van der Waals surface area contributed by atoms with Crippen molar-refractivity contribution in [2.24, 2.45) is 5.84 Å². The quantitative estimate of drug-likeness (QED) is 0.472. The van der Waals surface area contributed by atoms with Crippen LogP contribution in [0.2, 0.25) is 0 Å². The first-order valence-electron chi connectivity index (χ1n) is 5.40. The molecule has 0 unspecified atom stereocenters. The van der Waals surface area contributed by atoms with E-state index in [0.717, 1.165) is 11.3 Å². The zero-order valence-corrected chi connectivity index (χ0v) is 9.55. The highest BCUT2D eigenvalue weighted by Gasteiger charge is 2.13. The number of hydrogen-bond acceptors (Lipinski definition) is 3. The van der Waals surface area contributed by atoms with Crippen LogP contribution in [0.4, 0.5) is 0 Å². The minimum Gasteiger partial charge on any atom is -0.289 e. The fourth-order valence-electron chi connectivity index (χ4n) is 1.66. The molecule has 1 heterocycles. The van der Waals surface area contributed by atoms with E-state index < -0.39 is 0 Å². The Kier molecular flexibility index (Phi) is 3.20. The molecule has 0 aliphatic carbocycles. The van der Waals surface area contributed by atoms with E-state index in [2.05, 4.69) is 10.5 Å². The number of nitrogens with two attached hydrogens (primary N) is 1. The van der Waals surface area contributed by atoms with Gasteiger partial charge in [0.1, 0.15) is 5.69 Å². The van der Waals surface area contributed by atoms with Crippen molar-refractivity contribution in [1.82, 2.24) is 15.2 Å². The Labute approximate surface area is 99.2 Å². The van der Waals surface area contributed by atoms with Crippen molar-refractivity contribution in [3.8, 4) is 11.3 Å². The number of aromatic nitrogens is 2. The van der Waals surface area contributed by atoms with E-state index in [9.17, 15) is 4.79 Å². The number of carbonyl (C=O) groups is 1. The topological polar surface area (TPSA) is 72.9 Å². The number of nitrogens with zero attached hydrogens (tertiary/aromatic N) is 2. The molecule has 2 aromatic rings. The van der Waals surface area contributed by atoms with Gasteiger partial charge in [0, 0.05) is 12.1 Å². The number of hydrogen-bond donors (Lipinski definition) is 2. The van der Waals surface area contributed by atoms with Crippen LogP contribution in [-0.2, 0) is 6.54 Å². The lowest BCUT2D eigenvalue weighted by Gasteiger charge is -2.01. The molecule has 0 saturated heterocycles. The summed E-state index contributed by atoms with van der Waals surface area (Å²) in [5.74, 6) is 4.80. The summed E-state index contributed by atoms with van der Waals surface area (Å²) in [4.78, 5) is 11.5. The number of hydrazine groups is 1. The molecule has 0 fully saturated rings. The lowest BCUT2D eigenvalue weighted by molar-refractivity contribution is 0.0943. The van der Waals surface area contributed by atoms with Crippen molar-refractivity contribution in [3.63, 3.8) is 0 Å². The molecule has 0 aliphatic rings. The summed E-state index contributed by atoms with van der Waals surface area (Å²) in [7, 11) is 0. The lowest BCUT2D eigenvalue weighted by atomic mass is 10.1. The van der Waals surface area contributed by atoms with Gasteiger partial charge in [-0.3, -0.25) is 14.9 Å². The Morgan fingerprint density at radius 2 is 2.12 bits per heavy atom. The minimum absolute atomic E-state index is 0.332. The summed E-state index contributed by atoms with van der Waals surface area (Å²) in [5, 5.41) is 4.37. The molecule has 2 rings (SSSR count). The highest BCUT2D eigenvalue weighted by atomic mass is 16.2. The molecule has 1 aromatic heterocycles. The maximum absolute atomic E-state index is 11.5. The van der Waals surface area contributed by atoms with Crippen molar-refractivity contribution in [3.05, 3.63) is 42.1 Å². The predicted molar refractivity (Wildman–Crippen MR) is 65.0 cm³/mol. The van der Waals surface area contributed by atoms with E-state index in [4.69, 9.17) is 5.84 Å². The first-order valence-corrected chi connectivity index (χ1v) is 5.40. The molecule has 1 amide bonds. The summed E-state index contributed by atoms with van der Waals surface area (Å²) < 4.78 is 1.63. The Hall–Kier alpha value is -2.14. The van der Waals surface area contributed by atoms with Gasteiger partial charge in [-0.2, -0.15) is 5.10 Å². The zero-order chi connectivity index (χ0) is 12.3. The number of rotatable bonds is 3. The summed E-state index contributed by atoms with van der Waals surface area (Å²) in [6.07, 6.45) is 0. The van der Waals surface area contributed by atoms with Gasteiger partial charge in [0.15, 0.2) is 0 Å². The zero-order valence-electron chi connectivity index (χ0n) is 9.55. The van der Waals surface area contributed by atoms with E-state index in [0.29, 0.717) is 12.2 Å². The molecule has 3 N–H and O–H groups in total. The largest absolute Gasteiger partial charge is 0.289 e. The maximum Gasteiger partial charge on any atom is 0.283 e. The average molecular weight is 230 g/mol. The van der Waals surface area contributed by atoms with Gasteiger partial charge in [-0.15, -0.1) is 0 Å². The Balaban J connectivity index is 2.45. The van der Waals surface area contributed by atoms with Gasteiger partial charge in [0.05, 0.1) is 5.69 Å². The van der Waals surface area contributed by atoms with Crippen molar-refractivity contribution < 1.29 is 4.79 Å². The second-order valence-electron chi connectivity index (χ2n) is 3.57. The molecular weight excluding hydrogens is 216 g/mol. The fraction of sp³-hybridized carbons (Fsp3) is 0.167. The Bertz CT molecular complexity index is 519. The fourth-order valence-corrected chi connectivity index (χ4v) is 1.66. The van der Waals surface area contributed by atoms with Crippen molar-refractivity contribution in [2.75, 3.05) is 0 Å². The molecule has 1 aromatic carbocycles. The molecule has 0 atom stereocenters. The second kappa shape index (κ2) is 4.80. The van der Waals surface area contributed by atoms with Gasteiger partial charge in [-0.05, 0) is 13.0 Å². The summed E-state index contributed by atoms with van der Waals surface area (Å²) >= 11 is 0. The van der Waals surface area contributed by atoms with Crippen LogP contribution in [0.1, 0.15) is 17.4 Å². The molecule has 0 saturated carbocycles. The minimum atomic E-state index is -0.332. The number of nitrogen functional groups attached to an aromatic ring is 1. The second-order valence-corrected chi connectivity index (χ2v) is 3.57. The van der Waals surface area contributed by atoms with Gasteiger partial charge >= 0.3 is 0 Å². The molecule has 0 spiro atoms. The number of benzene rings is 1. The van der Waals surface area contributed by atoms with Gasteiger partial charge in [0.25, 0.3) is 5.91 Å². The van der Waals surface area contributed by atoms with Crippen LogP contribution in [0.3, 0.4) is 0 Å². The molecule has 17 heavy (non-hydrogen) atoms. The first-order chi connectivity index (χ1) is 8.26. The van der Waals surface area contributed by atoms with Crippen LogP contribution in [0, 0.1) is 0 Å². The molecular formula is C12H14N4O. The third-order valence-corrected chi connectivity index (χ3v) is 2.51. The third kappa shape index (κ3) is 2.19. The molecule has 0 aliphatic heterocycles. The van der Waals surface area contributed by atoms with Gasteiger partial charge in [-0.25, -0.2) is 5.84 Å².